The van der Waals surface area contributed by atoms with Crippen LogP contribution in [0, 0.1) is 11.3 Å². The molecule has 0 aliphatic rings. The number of rotatable bonds is 9. The molecule has 0 aliphatic heterocycles. The molecule has 0 unspecified atom stereocenters. The largest absolute Gasteiger partial charge is 0.309 e. The van der Waals surface area contributed by atoms with Gasteiger partial charge >= 0.3 is 0 Å². The molecule has 5 aromatic heterocycles. The van der Waals surface area contributed by atoms with E-state index in [2.05, 4.69) is 194 Å². The summed E-state index contributed by atoms with van der Waals surface area (Å²) in [7, 11) is -3.93. The van der Waals surface area contributed by atoms with E-state index in [1.54, 1.807) is 12.1 Å². The van der Waals surface area contributed by atoms with Crippen molar-refractivity contribution in [1.82, 2.24) is 33.2 Å². The minimum absolute atomic E-state index is 0.120. The molecule has 11 heteroatoms. The van der Waals surface area contributed by atoms with Crippen molar-refractivity contribution in [3.05, 3.63) is 285 Å². The Morgan fingerprint density at radius 3 is 0.931 bits per heavy atom. The fraction of sp³-hybridized carbons (Fsp3) is 0. The van der Waals surface area contributed by atoms with Crippen LogP contribution in [0.5, 0.6) is 0 Å². The fourth-order valence-electron chi connectivity index (χ4n) is 13.2. The standard InChI is InChI=1S/C76H46N8O2S/c77-47-48-31-43-56(44-32-48)87(85,86)57-45-41-55(42-46-57)84-67-30-16-11-25-62(67)70-72-68(61-24-10-15-29-66(61)83(72)54-39-37-52(38-40-54)81-63-26-12-7-21-58(63)59-22-8-13-27-64(59)81)71-69(73(70)84)60-23-9-14-28-65(60)82(71)53-35-33-51(34-36-53)76-79-74(49-17-3-1-4-18-49)78-75(80-76)50-19-5-2-6-20-50/h1-46H. The number of hydrogen-bond acceptors (Lipinski definition) is 6. The van der Waals surface area contributed by atoms with Crippen LogP contribution in [-0.4, -0.2) is 41.6 Å². The van der Waals surface area contributed by atoms with Crippen molar-refractivity contribution in [2.75, 3.05) is 0 Å². The third-order valence-electron chi connectivity index (χ3n) is 17.1. The average molecular weight is 1140 g/mol. The third-order valence-corrected chi connectivity index (χ3v) is 18.8. The van der Waals surface area contributed by atoms with Crippen LogP contribution in [0.3, 0.4) is 0 Å². The Bertz CT molecular complexity index is 5690. The molecule has 17 rings (SSSR count). The molecule has 5 heterocycles. The zero-order valence-corrected chi connectivity index (χ0v) is 47.2. The Labute approximate surface area is 498 Å². The number of sulfone groups is 1. The summed E-state index contributed by atoms with van der Waals surface area (Å²) in [6.45, 7) is 0. The van der Waals surface area contributed by atoms with Crippen molar-refractivity contribution in [3.8, 4) is 63.0 Å². The molecule has 0 fully saturated rings. The monoisotopic (exact) mass is 1130 g/mol. The molecule has 0 saturated carbocycles. The van der Waals surface area contributed by atoms with Crippen LogP contribution in [0.2, 0.25) is 0 Å². The van der Waals surface area contributed by atoms with E-state index in [4.69, 9.17) is 15.0 Å². The average Bonchev–Trinajstić information content (AvgIpc) is 1.52. The zero-order chi connectivity index (χ0) is 57.9. The van der Waals surface area contributed by atoms with Gasteiger partial charge in [-0.15, -0.1) is 0 Å². The maximum Gasteiger partial charge on any atom is 0.206 e. The van der Waals surface area contributed by atoms with Gasteiger partial charge in [-0.25, -0.2) is 23.4 Å². The van der Waals surface area contributed by atoms with Gasteiger partial charge in [-0.3, -0.25) is 0 Å². The SMILES string of the molecule is N#Cc1ccc(S(=O)(=O)c2ccc(-n3c4ccccc4c4c5c(c6ccccc6n5-c5ccc(-n6c7ccccc7c7ccccc76)cc5)c5c(c6ccccc6n5-c5ccc(-c6nc(-c7ccccc7)nc(-c7ccccc7)n6)cc5)c43)cc2)cc1. The third kappa shape index (κ3) is 7.65. The van der Waals surface area contributed by atoms with E-state index in [-0.39, 0.29) is 9.79 Å². The molecule has 0 aliphatic carbocycles. The second-order valence-corrected chi connectivity index (χ2v) is 23.8. The van der Waals surface area contributed by atoms with Crippen LogP contribution < -0.4 is 0 Å². The zero-order valence-electron chi connectivity index (χ0n) is 46.4. The Kier molecular flexibility index (Phi) is 11.1. The molecule has 0 amide bonds. The first-order chi connectivity index (χ1) is 42.9. The van der Waals surface area contributed by atoms with Gasteiger partial charge in [0.1, 0.15) is 0 Å². The Morgan fingerprint density at radius 1 is 0.287 bits per heavy atom. The molecule has 408 valence electrons. The Hall–Kier alpha value is -11.7. The Balaban J connectivity index is 0.947. The fourth-order valence-corrected chi connectivity index (χ4v) is 14.5. The van der Waals surface area contributed by atoms with E-state index in [0.717, 1.165) is 116 Å². The second kappa shape index (κ2) is 19.4. The highest BCUT2D eigenvalue weighted by Crippen LogP contribution is 2.50. The molecule has 0 spiro atoms. The molecule has 0 atom stereocenters. The highest BCUT2D eigenvalue weighted by atomic mass is 32.2. The summed E-state index contributed by atoms with van der Waals surface area (Å²) in [5, 5.41) is 18.3. The lowest BCUT2D eigenvalue weighted by Crippen LogP contribution is -2.03. The van der Waals surface area contributed by atoms with E-state index < -0.39 is 9.84 Å². The first-order valence-electron chi connectivity index (χ1n) is 28.7. The van der Waals surface area contributed by atoms with Crippen molar-refractivity contribution in [1.29, 1.82) is 5.26 Å². The van der Waals surface area contributed by atoms with E-state index >= 15 is 0 Å². The van der Waals surface area contributed by atoms with Crippen LogP contribution in [0.25, 0.3) is 144 Å². The quantitative estimate of drug-likeness (QED) is 0.142. The number of nitriles is 1. The van der Waals surface area contributed by atoms with Crippen molar-refractivity contribution in [3.63, 3.8) is 0 Å². The topological polar surface area (TPSA) is 116 Å². The van der Waals surface area contributed by atoms with Gasteiger partial charge in [-0.1, -0.05) is 152 Å². The maximum absolute atomic E-state index is 14.3. The molecular formula is C76H46N8O2S. The van der Waals surface area contributed by atoms with Gasteiger partial charge in [0, 0.05) is 82.5 Å². The van der Waals surface area contributed by atoms with Crippen LogP contribution in [-0.2, 0) is 9.84 Å². The highest BCUT2D eigenvalue weighted by Gasteiger charge is 2.30. The van der Waals surface area contributed by atoms with Gasteiger partial charge < -0.3 is 18.3 Å². The van der Waals surface area contributed by atoms with E-state index in [1.165, 1.54) is 35.0 Å². The normalized spacial score (nSPS) is 12.0. The minimum atomic E-state index is -3.93. The van der Waals surface area contributed by atoms with Crippen LogP contribution >= 0.6 is 0 Å². The lowest BCUT2D eigenvalue weighted by atomic mass is 10.0. The van der Waals surface area contributed by atoms with E-state index in [0.29, 0.717) is 23.0 Å². The lowest BCUT2D eigenvalue weighted by molar-refractivity contribution is 0.596. The van der Waals surface area contributed by atoms with Gasteiger partial charge in [0.15, 0.2) is 17.5 Å². The Morgan fingerprint density at radius 2 is 0.563 bits per heavy atom. The van der Waals surface area contributed by atoms with Crippen molar-refractivity contribution in [2.24, 2.45) is 0 Å². The molecule has 0 N–H and O–H groups in total. The predicted molar refractivity (Wildman–Crippen MR) is 350 cm³/mol. The smallest absolute Gasteiger partial charge is 0.206 e. The van der Waals surface area contributed by atoms with E-state index in [1.807, 2.05) is 72.8 Å². The number of benzene rings is 12. The van der Waals surface area contributed by atoms with Gasteiger partial charge in [-0.2, -0.15) is 5.26 Å². The lowest BCUT2D eigenvalue weighted by Gasteiger charge is -2.15. The molecular weight excluding hydrogens is 1090 g/mol. The summed E-state index contributed by atoms with van der Waals surface area (Å²) in [5.41, 5.74) is 15.2. The molecule has 17 aromatic rings. The van der Waals surface area contributed by atoms with Crippen molar-refractivity contribution < 1.29 is 8.42 Å². The molecule has 0 bridgehead atoms. The molecule has 12 aromatic carbocycles. The maximum atomic E-state index is 14.3. The summed E-state index contributed by atoms with van der Waals surface area (Å²) in [6.07, 6.45) is 0. The molecule has 0 saturated heterocycles. The molecule has 10 nitrogen and oxygen atoms in total. The first-order valence-corrected chi connectivity index (χ1v) is 30.2. The van der Waals surface area contributed by atoms with Crippen molar-refractivity contribution in [2.45, 2.75) is 9.79 Å². The predicted octanol–water partition coefficient (Wildman–Crippen LogP) is 18.0. The second-order valence-electron chi connectivity index (χ2n) is 21.8. The first kappa shape index (κ1) is 49.9. The number of nitrogens with zero attached hydrogens (tertiary/aromatic N) is 8. The number of fused-ring (bicyclic) bond motifs is 15. The summed E-state index contributed by atoms with van der Waals surface area (Å²) < 4.78 is 38.0. The van der Waals surface area contributed by atoms with Gasteiger partial charge in [0.2, 0.25) is 9.84 Å². The van der Waals surface area contributed by atoms with Gasteiger partial charge in [0.25, 0.3) is 0 Å². The number of aromatic nitrogens is 7. The summed E-state index contributed by atoms with van der Waals surface area (Å²) in [6, 6.07) is 96.0. The van der Waals surface area contributed by atoms with Gasteiger partial charge in [-0.05, 0) is 127 Å². The van der Waals surface area contributed by atoms with Crippen LogP contribution in [0.1, 0.15) is 5.56 Å². The number of para-hydroxylation sites is 5. The van der Waals surface area contributed by atoms with Crippen LogP contribution in [0.15, 0.2) is 289 Å². The number of hydrogen-bond donors (Lipinski definition) is 0. The highest BCUT2D eigenvalue weighted by molar-refractivity contribution is 7.91. The van der Waals surface area contributed by atoms with Crippen molar-refractivity contribution >= 4 is 97.1 Å². The summed E-state index contributed by atoms with van der Waals surface area (Å²) >= 11 is 0. The molecule has 87 heavy (non-hydrogen) atoms. The van der Waals surface area contributed by atoms with Gasteiger partial charge in [0.05, 0.1) is 65.6 Å². The van der Waals surface area contributed by atoms with Crippen LogP contribution in [0.4, 0.5) is 0 Å². The van der Waals surface area contributed by atoms with E-state index in [9.17, 15) is 13.7 Å². The minimum Gasteiger partial charge on any atom is -0.309 e. The summed E-state index contributed by atoms with van der Waals surface area (Å²) in [4.78, 5) is 15.4. The summed E-state index contributed by atoms with van der Waals surface area (Å²) in [5.74, 6) is 1.74. The molecule has 0 radical (unpaired) electrons.